The minimum Gasteiger partial charge on any atom is -0.399 e. The van der Waals surface area contributed by atoms with Gasteiger partial charge in [-0.3, -0.25) is 4.84 Å². The number of nitrogens with zero attached hydrogens (tertiary/aromatic N) is 1. The Balaban J connectivity index is 3.45. The normalized spacial score (nSPS) is 12.1. The van der Waals surface area contributed by atoms with Crippen LogP contribution in [0.3, 0.4) is 0 Å². The van der Waals surface area contributed by atoms with Crippen molar-refractivity contribution in [3.05, 3.63) is 23.8 Å². The smallest absolute Gasteiger partial charge is 0.270 e. The Morgan fingerprint density at radius 1 is 1.31 bits per heavy atom. The molecule has 0 aliphatic heterocycles. The fourth-order valence-electron chi connectivity index (χ4n) is 1.05. The van der Waals surface area contributed by atoms with Gasteiger partial charge in [-0.15, -0.1) is 0 Å². The Hall–Kier alpha value is -1.25. The number of halogens is 2. The maximum atomic E-state index is 13.3. The molecule has 0 atom stereocenters. The van der Waals surface area contributed by atoms with E-state index in [4.69, 9.17) is 5.73 Å². The quantitative estimate of drug-likeness (QED) is 0.635. The second-order valence-corrected chi connectivity index (χ2v) is 4.78. The van der Waals surface area contributed by atoms with Crippen LogP contribution in [0.4, 0.5) is 14.5 Å². The van der Waals surface area contributed by atoms with E-state index in [0.717, 1.165) is 26.3 Å². The maximum absolute atomic E-state index is 13.3. The fourth-order valence-corrected chi connectivity index (χ4v) is 2.12. The van der Waals surface area contributed by atoms with E-state index < -0.39 is 26.6 Å². The molecule has 1 rings (SSSR count). The van der Waals surface area contributed by atoms with E-state index in [2.05, 4.69) is 4.84 Å². The van der Waals surface area contributed by atoms with Gasteiger partial charge in [-0.25, -0.2) is 17.2 Å². The van der Waals surface area contributed by atoms with Gasteiger partial charge in [0.15, 0.2) is 4.90 Å². The van der Waals surface area contributed by atoms with Crippen molar-refractivity contribution in [2.45, 2.75) is 4.90 Å². The van der Waals surface area contributed by atoms with Crippen molar-refractivity contribution >= 4 is 15.7 Å². The molecule has 0 fully saturated rings. The lowest BCUT2D eigenvalue weighted by Gasteiger charge is -2.15. The zero-order valence-electron chi connectivity index (χ0n) is 8.57. The van der Waals surface area contributed by atoms with Crippen LogP contribution in [0.2, 0.25) is 0 Å². The second kappa shape index (κ2) is 4.32. The van der Waals surface area contributed by atoms with Gasteiger partial charge in [-0.05, 0) is 12.1 Å². The van der Waals surface area contributed by atoms with Crippen molar-refractivity contribution in [2.24, 2.45) is 0 Å². The van der Waals surface area contributed by atoms with E-state index in [9.17, 15) is 17.2 Å². The van der Waals surface area contributed by atoms with Gasteiger partial charge in [-0.1, -0.05) is 4.47 Å². The maximum Gasteiger partial charge on any atom is 0.270 e. The fraction of sp³-hybridized carbons (Fsp3) is 0.250. The van der Waals surface area contributed by atoms with Crippen LogP contribution in [0.5, 0.6) is 0 Å². The Morgan fingerprint density at radius 3 is 2.12 bits per heavy atom. The molecule has 0 spiro atoms. The Labute approximate surface area is 91.4 Å². The van der Waals surface area contributed by atoms with Gasteiger partial charge in [0.1, 0.15) is 11.6 Å². The van der Waals surface area contributed by atoms with Gasteiger partial charge in [0.2, 0.25) is 0 Å². The molecular weight excluding hydrogens is 242 g/mol. The number of hydroxylamine groups is 1. The molecule has 0 bridgehead atoms. The summed E-state index contributed by atoms with van der Waals surface area (Å²) in [5.41, 5.74) is 4.96. The molecule has 2 N–H and O–H groups in total. The number of anilines is 1. The number of rotatable bonds is 3. The predicted molar refractivity (Wildman–Crippen MR) is 52.7 cm³/mol. The van der Waals surface area contributed by atoms with Crippen LogP contribution in [0.25, 0.3) is 0 Å². The highest BCUT2D eigenvalue weighted by molar-refractivity contribution is 7.89. The summed E-state index contributed by atoms with van der Waals surface area (Å²) >= 11 is 0. The van der Waals surface area contributed by atoms with Crippen molar-refractivity contribution in [3.8, 4) is 0 Å². The van der Waals surface area contributed by atoms with Crippen molar-refractivity contribution in [1.82, 2.24) is 4.47 Å². The van der Waals surface area contributed by atoms with E-state index in [-0.39, 0.29) is 5.69 Å². The summed E-state index contributed by atoms with van der Waals surface area (Å²) in [6.07, 6.45) is 0. The van der Waals surface area contributed by atoms with Crippen LogP contribution in [-0.2, 0) is 14.9 Å². The summed E-state index contributed by atoms with van der Waals surface area (Å²) in [7, 11) is -2.28. The number of nitrogen functional groups attached to an aromatic ring is 1. The molecule has 16 heavy (non-hydrogen) atoms. The largest absolute Gasteiger partial charge is 0.399 e. The topological polar surface area (TPSA) is 72.6 Å². The highest BCUT2D eigenvalue weighted by atomic mass is 32.2. The monoisotopic (exact) mass is 252 g/mol. The van der Waals surface area contributed by atoms with Gasteiger partial charge in [0, 0.05) is 12.7 Å². The third-order valence-electron chi connectivity index (χ3n) is 1.87. The number of sulfonamides is 1. The third-order valence-corrected chi connectivity index (χ3v) is 3.61. The highest BCUT2D eigenvalue weighted by Gasteiger charge is 2.29. The van der Waals surface area contributed by atoms with Crippen LogP contribution in [0.1, 0.15) is 0 Å². The standard InChI is InChI=1S/C8H10F2N2O3S/c1-12(15-2)16(13,14)8-6(9)3-5(11)4-7(8)10/h3-4H,11H2,1-2H3. The number of benzene rings is 1. The summed E-state index contributed by atoms with van der Waals surface area (Å²) in [6, 6.07) is 1.44. The third kappa shape index (κ3) is 2.13. The molecule has 90 valence electrons. The first-order chi connectivity index (χ1) is 7.30. The van der Waals surface area contributed by atoms with Crippen LogP contribution < -0.4 is 5.73 Å². The summed E-state index contributed by atoms with van der Waals surface area (Å²) < 4.78 is 50.2. The molecule has 1 aromatic rings. The van der Waals surface area contributed by atoms with Crippen LogP contribution in [-0.4, -0.2) is 27.0 Å². The molecular formula is C8H10F2N2O3S. The molecule has 5 nitrogen and oxygen atoms in total. The summed E-state index contributed by atoms with van der Waals surface area (Å²) in [5.74, 6) is -2.53. The molecule has 0 unspecified atom stereocenters. The Morgan fingerprint density at radius 2 is 1.75 bits per heavy atom. The van der Waals surface area contributed by atoms with Gasteiger partial charge in [-0.2, -0.15) is 0 Å². The van der Waals surface area contributed by atoms with E-state index in [1.54, 1.807) is 0 Å². The van der Waals surface area contributed by atoms with Crippen molar-refractivity contribution in [1.29, 1.82) is 0 Å². The minimum absolute atomic E-state index is 0.200. The molecule has 8 heteroatoms. The Kier molecular flexibility index (Phi) is 3.46. The van der Waals surface area contributed by atoms with E-state index in [1.165, 1.54) is 0 Å². The van der Waals surface area contributed by atoms with Crippen LogP contribution in [0, 0.1) is 11.6 Å². The van der Waals surface area contributed by atoms with Gasteiger partial charge >= 0.3 is 0 Å². The number of hydrogen-bond acceptors (Lipinski definition) is 4. The zero-order chi connectivity index (χ0) is 12.5. The summed E-state index contributed by atoms with van der Waals surface area (Å²) in [5, 5.41) is 0. The molecule has 0 saturated carbocycles. The summed E-state index contributed by atoms with van der Waals surface area (Å²) in [4.78, 5) is 3.30. The first kappa shape index (κ1) is 12.8. The SMILES string of the molecule is CON(C)S(=O)(=O)c1c(F)cc(N)cc1F. The van der Waals surface area contributed by atoms with Gasteiger partial charge in [0.05, 0.1) is 7.11 Å². The second-order valence-electron chi connectivity index (χ2n) is 2.91. The molecule has 1 aromatic carbocycles. The lowest BCUT2D eigenvalue weighted by atomic mass is 10.3. The molecule has 0 heterocycles. The minimum atomic E-state index is -4.36. The number of hydrogen-bond donors (Lipinski definition) is 1. The molecule has 0 radical (unpaired) electrons. The molecule has 0 amide bonds. The average Bonchev–Trinajstić information content (AvgIpc) is 2.14. The van der Waals surface area contributed by atoms with Crippen molar-refractivity contribution in [2.75, 3.05) is 19.9 Å². The van der Waals surface area contributed by atoms with Gasteiger partial charge < -0.3 is 5.73 Å². The van der Waals surface area contributed by atoms with E-state index >= 15 is 0 Å². The predicted octanol–water partition coefficient (Wildman–Crippen LogP) is 0.729. The van der Waals surface area contributed by atoms with Gasteiger partial charge in [0.25, 0.3) is 10.0 Å². The van der Waals surface area contributed by atoms with Crippen LogP contribution >= 0.6 is 0 Å². The van der Waals surface area contributed by atoms with E-state index in [0.29, 0.717) is 4.47 Å². The summed E-state index contributed by atoms with van der Waals surface area (Å²) in [6.45, 7) is 0. The highest BCUT2D eigenvalue weighted by Crippen LogP contribution is 2.24. The Bertz CT molecular complexity index is 481. The first-order valence-corrected chi connectivity index (χ1v) is 5.52. The first-order valence-electron chi connectivity index (χ1n) is 4.08. The zero-order valence-corrected chi connectivity index (χ0v) is 9.38. The number of nitrogens with two attached hydrogens (primary N) is 1. The molecule has 0 aliphatic rings. The average molecular weight is 252 g/mol. The lowest BCUT2D eigenvalue weighted by Crippen LogP contribution is -2.27. The molecule has 0 aromatic heterocycles. The van der Waals surface area contributed by atoms with Crippen molar-refractivity contribution in [3.63, 3.8) is 0 Å². The molecule has 0 aliphatic carbocycles. The van der Waals surface area contributed by atoms with Crippen LogP contribution in [0.15, 0.2) is 17.0 Å². The molecule has 0 saturated heterocycles. The lowest BCUT2D eigenvalue weighted by molar-refractivity contribution is -0.0262. The van der Waals surface area contributed by atoms with E-state index in [1.807, 2.05) is 0 Å². The van der Waals surface area contributed by atoms with Crippen molar-refractivity contribution < 1.29 is 22.0 Å².